The molecule has 0 spiro atoms. The van der Waals surface area contributed by atoms with Gasteiger partial charge in [0.1, 0.15) is 5.75 Å². The summed E-state index contributed by atoms with van der Waals surface area (Å²) in [4.78, 5) is 0. The minimum absolute atomic E-state index is 0.0633. The van der Waals surface area contributed by atoms with Crippen molar-refractivity contribution in [3.8, 4) is 5.75 Å². The fourth-order valence-electron chi connectivity index (χ4n) is 2.56. The molecule has 1 saturated heterocycles. The lowest BCUT2D eigenvalue weighted by molar-refractivity contribution is -0.223. The number of aliphatic hydroxyl groups excluding tert-OH is 1. The Morgan fingerprint density at radius 3 is 2.43 bits per heavy atom. The van der Waals surface area contributed by atoms with Gasteiger partial charge < -0.3 is 25.0 Å². The van der Waals surface area contributed by atoms with Crippen molar-refractivity contribution in [1.29, 1.82) is 0 Å². The molecule has 0 aromatic heterocycles. The summed E-state index contributed by atoms with van der Waals surface area (Å²) in [5.41, 5.74) is 0.904. The second-order valence-electron chi connectivity index (χ2n) is 7.14. The van der Waals surface area contributed by atoms with Gasteiger partial charge in [-0.25, -0.2) is 0 Å². The molecule has 0 aliphatic carbocycles. The molecule has 0 bridgehead atoms. The fourth-order valence-corrected chi connectivity index (χ4v) is 2.56. The number of phenolic OH excluding ortho intramolecular Hbond substituents is 1. The Labute approximate surface area is 138 Å². The maximum atomic E-state index is 10.3. The molecule has 5 heteroatoms. The van der Waals surface area contributed by atoms with Gasteiger partial charge in [0.05, 0.1) is 19.3 Å². The van der Waals surface area contributed by atoms with Crippen LogP contribution in [0, 0.1) is 5.41 Å². The van der Waals surface area contributed by atoms with E-state index in [1.54, 1.807) is 24.3 Å². The summed E-state index contributed by atoms with van der Waals surface area (Å²) in [6.45, 7) is 8.49. The molecule has 1 aromatic carbocycles. The minimum Gasteiger partial charge on any atom is -0.508 e. The summed E-state index contributed by atoms with van der Waals surface area (Å²) in [6.07, 6.45) is 1.07. The molecule has 5 nitrogen and oxygen atoms in total. The average Bonchev–Trinajstić information content (AvgIpc) is 2.52. The van der Waals surface area contributed by atoms with E-state index in [2.05, 4.69) is 19.2 Å². The standard InChI is InChI=1S/C18H29NO4/c1-13(17(21)14-6-8-15(20)9-7-14)19-10-4-5-16-22-11-18(2,3)12-23-16/h6-9,13,16-17,19-21H,4-5,10-12H2,1-3H3. The molecule has 1 aliphatic heterocycles. The van der Waals surface area contributed by atoms with Crippen molar-refractivity contribution < 1.29 is 19.7 Å². The summed E-state index contributed by atoms with van der Waals surface area (Å²) in [5, 5.41) is 22.9. The van der Waals surface area contributed by atoms with Crippen LogP contribution in [0.25, 0.3) is 0 Å². The van der Waals surface area contributed by atoms with E-state index in [9.17, 15) is 10.2 Å². The Morgan fingerprint density at radius 2 is 1.83 bits per heavy atom. The van der Waals surface area contributed by atoms with Crippen LogP contribution < -0.4 is 5.32 Å². The summed E-state index contributed by atoms with van der Waals surface area (Å²) in [7, 11) is 0. The number of hydrogen-bond acceptors (Lipinski definition) is 5. The number of benzene rings is 1. The fraction of sp³-hybridized carbons (Fsp3) is 0.667. The number of phenols is 1. The van der Waals surface area contributed by atoms with E-state index in [0.29, 0.717) is 0 Å². The molecule has 130 valence electrons. The van der Waals surface area contributed by atoms with Gasteiger partial charge in [0.2, 0.25) is 0 Å². The molecule has 0 radical (unpaired) electrons. The van der Waals surface area contributed by atoms with E-state index in [1.807, 2.05) is 6.92 Å². The van der Waals surface area contributed by atoms with Crippen molar-refractivity contribution in [2.75, 3.05) is 19.8 Å². The molecule has 1 aliphatic rings. The van der Waals surface area contributed by atoms with Gasteiger partial charge in [-0.05, 0) is 44.0 Å². The van der Waals surface area contributed by atoms with Gasteiger partial charge in [-0.3, -0.25) is 0 Å². The van der Waals surface area contributed by atoms with E-state index in [0.717, 1.165) is 38.2 Å². The first-order valence-corrected chi connectivity index (χ1v) is 8.31. The van der Waals surface area contributed by atoms with Crippen molar-refractivity contribution in [3.05, 3.63) is 29.8 Å². The first-order valence-electron chi connectivity index (χ1n) is 8.31. The summed E-state index contributed by atoms with van der Waals surface area (Å²) < 4.78 is 11.4. The third kappa shape index (κ3) is 5.77. The molecule has 23 heavy (non-hydrogen) atoms. The Bertz CT molecular complexity index is 464. The summed E-state index contributed by atoms with van der Waals surface area (Å²) >= 11 is 0. The number of ether oxygens (including phenoxy) is 2. The van der Waals surface area contributed by atoms with Gasteiger partial charge in [-0.15, -0.1) is 0 Å². The summed E-state index contributed by atoms with van der Waals surface area (Å²) in [5.74, 6) is 0.206. The number of aromatic hydroxyl groups is 1. The Kier molecular flexibility index (Phi) is 6.41. The second kappa shape index (κ2) is 8.11. The van der Waals surface area contributed by atoms with Gasteiger partial charge in [0.15, 0.2) is 6.29 Å². The number of rotatable bonds is 7. The lowest BCUT2D eigenvalue weighted by Crippen LogP contribution is -2.38. The monoisotopic (exact) mass is 323 g/mol. The van der Waals surface area contributed by atoms with Gasteiger partial charge in [-0.1, -0.05) is 26.0 Å². The Balaban J connectivity index is 1.65. The molecular weight excluding hydrogens is 294 g/mol. The smallest absolute Gasteiger partial charge is 0.157 e. The number of nitrogens with one attached hydrogen (secondary N) is 1. The van der Waals surface area contributed by atoms with Crippen molar-refractivity contribution >= 4 is 0 Å². The van der Waals surface area contributed by atoms with Crippen LogP contribution in [0.15, 0.2) is 24.3 Å². The zero-order valence-electron chi connectivity index (χ0n) is 14.3. The van der Waals surface area contributed by atoms with Crippen LogP contribution in [0.4, 0.5) is 0 Å². The predicted molar refractivity (Wildman–Crippen MR) is 89.2 cm³/mol. The van der Waals surface area contributed by atoms with Crippen LogP contribution >= 0.6 is 0 Å². The van der Waals surface area contributed by atoms with Crippen LogP contribution in [-0.2, 0) is 9.47 Å². The van der Waals surface area contributed by atoms with Crippen molar-refractivity contribution in [1.82, 2.24) is 5.32 Å². The van der Waals surface area contributed by atoms with E-state index in [4.69, 9.17) is 9.47 Å². The van der Waals surface area contributed by atoms with Crippen molar-refractivity contribution in [3.63, 3.8) is 0 Å². The molecule has 2 rings (SSSR count). The molecule has 0 saturated carbocycles. The molecule has 1 heterocycles. The SMILES string of the molecule is CC(NCCCC1OCC(C)(C)CO1)C(O)c1ccc(O)cc1. The zero-order valence-corrected chi connectivity index (χ0v) is 14.3. The average molecular weight is 323 g/mol. The lowest BCUT2D eigenvalue weighted by atomic mass is 9.95. The highest BCUT2D eigenvalue weighted by atomic mass is 16.7. The van der Waals surface area contributed by atoms with Gasteiger partial charge in [-0.2, -0.15) is 0 Å². The van der Waals surface area contributed by atoms with E-state index >= 15 is 0 Å². The van der Waals surface area contributed by atoms with Crippen LogP contribution in [-0.4, -0.2) is 42.3 Å². The van der Waals surface area contributed by atoms with E-state index < -0.39 is 6.10 Å². The highest BCUT2D eigenvalue weighted by Crippen LogP contribution is 2.24. The van der Waals surface area contributed by atoms with Crippen LogP contribution in [0.5, 0.6) is 5.75 Å². The maximum absolute atomic E-state index is 10.3. The first kappa shape index (κ1) is 18.2. The van der Waals surface area contributed by atoms with E-state index in [-0.39, 0.29) is 23.5 Å². The van der Waals surface area contributed by atoms with Gasteiger partial charge in [0.25, 0.3) is 0 Å². The highest BCUT2D eigenvalue weighted by molar-refractivity contribution is 5.27. The van der Waals surface area contributed by atoms with Crippen LogP contribution in [0.1, 0.15) is 45.3 Å². The zero-order chi connectivity index (χ0) is 16.9. The highest BCUT2D eigenvalue weighted by Gasteiger charge is 2.27. The van der Waals surface area contributed by atoms with Gasteiger partial charge >= 0.3 is 0 Å². The number of aliphatic hydroxyl groups is 1. The predicted octanol–water partition coefficient (Wildman–Crippen LogP) is 2.58. The third-order valence-corrected chi connectivity index (χ3v) is 4.11. The van der Waals surface area contributed by atoms with Crippen LogP contribution in [0.3, 0.4) is 0 Å². The lowest BCUT2D eigenvalue weighted by Gasteiger charge is -2.34. The van der Waals surface area contributed by atoms with Crippen molar-refractivity contribution in [2.24, 2.45) is 5.41 Å². The van der Waals surface area contributed by atoms with Crippen LogP contribution in [0.2, 0.25) is 0 Å². The molecule has 2 atom stereocenters. The molecule has 1 aromatic rings. The quantitative estimate of drug-likeness (QED) is 0.673. The molecule has 2 unspecified atom stereocenters. The maximum Gasteiger partial charge on any atom is 0.157 e. The van der Waals surface area contributed by atoms with Gasteiger partial charge in [0, 0.05) is 11.5 Å². The molecule has 1 fully saturated rings. The van der Waals surface area contributed by atoms with E-state index in [1.165, 1.54) is 0 Å². The first-order chi connectivity index (χ1) is 10.9. The summed E-state index contributed by atoms with van der Waals surface area (Å²) in [6, 6.07) is 6.59. The minimum atomic E-state index is -0.599. The Morgan fingerprint density at radius 1 is 1.22 bits per heavy atom. The topological polar surface area (TPSA) is 71.0 Å². The molecule has 0 amide bonds. The molecule has 3 N–H and O–H groups in total. The number of hydrogen-bond donors (Lipinski definition) is 3. The second-order valence-corrected chi connectivity index (χ2v) is 7.14. The third-order valence-electron chi connectivity index (χ3n) is 4.11. The molecular formula is C18H29NO4. The largest absolute Gasteiger partial charge is 0.508 e. The Hall–Kier alpha value is -1.14. The normalized spacial score (nSPS) is 21.0. The van der Waals surface area contributed by atoms with Crippen molar-refractivity contribution in [2.45, 2.75) is 52.0 Å².